The Hall–Kier alpha value is -3.23. The van der Waals surface area contributed by atoms with E-state index in [-0.39, 0.29) is 12.1 Å². The number of hydrogen-bond acceptors (Lipinski definition) is 4. The summed E-state index contributed by atoms with van der Waals surface area (Å²) in [5.74, 6) is 0.565. The molecule has 3 amide bonds. The number of halogens is 3. The van der Waals surface area contributed by atoms with Crippen LogP contribution in [0.15, 0.2) is 60.2 Å². The first-order valence-corrected chi connectivity index (χ1v) is 9.10. The van der Waals surface area contributed by atoms with E-state index < -0.39 is 36.0 Å². The lowest BCUT2D eigenvalue weighted by Crippen LogP contribution is -2.45. The fourth-order valence-electron chi connectivity index (χ4n) is 3.01. The third-order valence-electron chi connectivity index (χ3n) is 4.49. The summed E-state index contributed by atoms with van der Waals surface area (Å²) in [4.78, 5) is 25.6. The Balaban J connectivity index is 2.12. The van der Waals surface area contributed by atoms with Gasteiger partial charge in [0, 0.05) is 12.1 Å². The van der Waals surface area contributed by atoms with Crippen molar-refractivity contribution in [1.29, 1.82) is 0 Å². The number of alkyl halides is 3. The highest BCUT2D eigenvalue weighted by Gasteiger charge is 2.44. The molecule has 0 spiro atoms. The summed E-state index contributed by atoms with van der Waals surface area (Å²) in [6.45, 7) is 6.65. The van der Waals surface area contributed by atoms with Crippen LogP contribution in [0, 0.1) is 0 Å². The third kappa shape index (κ3) is 5.22. The van der Waals surface area contributed by atoms with E-state index in [4.69, 9.17) is 9.47 Å². The van der Waals surface area contributed by atoms with Gasteiger partial charge in [-0.05, 0) is 31.6 Å². The van der Waals surface area contributed by atoms with Gasteiger partial charge in [0.25, 0.3) is 0 Å². The van der Waals surface area contributed by atoms with Gasteiger partial charge in [0.2, 0.25) is 0 Å². The van der Waals surface area contributed by atoms with E-state index in [0.29, 0.717) is 11.3 Å². The number of nitrogens with one attached hydrogen (secondary N) is 1. The van der Waals surface area contributed by atoms with Crippen LogP contribution in [-0.2, 0) is 11.3 Å². The minimum absolute atomic E-state index is 0.0682. The van der Waals surface area contributed by atoms with Crippen molar-refractivity contribution in [2.45, 2.75) is 38.7 Å². The SMILES string of the molecule is C=C(/C=C(\C=C/C)C(F)(F)F)[C@H]1OC(=O)N(C(=O)NCc2ccccc2OC)[C@H]1C. The molecular formula is C21H23F3N2O4. The average Bonchev–Trinajstić information content (AvgIpc) is 2.99. The van der Waals surface area contributed by atoms with E-state index in [1.807, 2.05) is 0 Å². The summed E-state index contributed by atoms with van der Waals surface area (Å²) in [5.41, 5.74) is -0.308. The predicted octanol–water partition coefficient (Wildman–Crippen LogP) is 4.74. The second kappa shape index (κ2) is 9.51. The summed E-state index contributed by atoms with van der Waals surface area (Å²) in [6, 6.07) is 5.44. The van der Waals surface area contributed by atoms with Gasteiger partial charge >= 0.3 is 18.3 Å². The lowest BCUT2D eigenvalue weighted by atomic mass is 10.0. The number of cyclic esters (lactones) is 1. The maximum Gasteiger partial charge on any atom is 0.419 e. The highest BCUT2D eigenvalue weighted by atomic mass is 19.4. The Labute approximate surface area is 172 Å². The molecule has 1 saturated heterocycles. The third-order valence-corrected chi connectivity index (χ3v) is 4.49. The van der Waals surface area contributed by atoms with Gasteiger partial charge in [0.15, 0.2) is 0 Å². The Bertz CT molecular complexity index is 877. The van der Waals surface area contributed by atoms with Gasteiger partial charge in [-0.3, -0.25) is 0 Å². The molecular weight excluding hydrogens is 401 g/mol. The van der Waals surface area contributed by atoms with Crippen LogP contribution in [0.25, 0.3) is 0 Å². The molecule has 1 aliphatic heterocycles. The van der Waals surface area contributed by atoms with Crippen LogP contribution >= 0.6 is 0 Å². The Morgan fingerprint density at radius 3 is 2.63 bits per heavy atom. The van der Waals surface area contributed by atoms with E-state index in [9.17, 15) is 22.8 Å². The Morgan fingerprint density at radius 1 is 1.37 bits per heavy atom. The monoisotopic (exact) mass is 424 g/mol. The lowest BCUT2D eigenvalue weighted by molar-refractivity contribution is -0.0883. The number of ether oxygens (including phenoxy) is 2. The molecule has 0 aliphatic carbocycles. The second-order valence-electron chi connectivity index (χ2n) is 6.56. The number of para-hydroxylation sites is 1. The highest BCUT2D eigenvalue weighted by molar-refractivity contribution is 5.93. The van der Waals surface area contributed by atoms with Gasteiger partial charge < -0.3 is 14.8 Å². The van der Waals surface area contributed by atoms with Crippen LogP contribution in [0.3, 0.4) is 0 Å². The first-order valence-electron chi connectivity index (χ1n) is 9.10. The Morgan fingerprint density at radius 2 is 2.03 bits per heavy atom. The van der Waals surface area contributed by atoms with Crippen LogP contribution in [0.4, 0.5) is 22.8 Å². The van der Waals surface area contributed by atoms with Crippen molar-refractivity contribution < 1.29 is 32.2 Å². The number of carbonyl (C=O) groups excluding carboxylic acids is 2. The number of allylic oxidation sites excluding steroid dienone is 3. The molecule has 6 nitrogen and oxygen atoms in total. The first-order chi connectivity index (χ1) is 14.1. The normalized spacial score (nSPS) is 19.7. The predicted molar refractivity (Wildman–Crippen MR) is 105 cm³/mol. The molecule has 0 aromatic heterocycles. The zero-order chi connectivity index (χ0) is 22.5. The van der Waals surface area contributed by atoms with E-state index >= 15 is 0 Å². The number of hydrogen-bond donors (Lipinski definition) is 1. The number of imide groups is 1. The molecule has 1 aliphatic rings. The van der Waals surface area contributed by atoms with Gasteiger partial charge in [-0.2, -0.15) is 13.2 Å². The fourth-order valence-corrected chi connectivity index (χ4v) is 3.01. The molecule has 2 atom stereocenters. The van der Waals surface area contributed by atoms with Crippen LogP contribution in [0.2, 0.25) is 0 Å². The van der Waals surface area contributed by atoms with E-state index in [2.05, 4.69) is 11.9 Å². The van der Waals surface area contributed by atoms with Crippen molar-refractivity contribution in [1.82, 2.24) is 10.2 Å². The smallest absolute Gasteiger partial charge is 0.419 e. The minimum Gasteiger partial charge on any atom is -0.496 e. The fraction of sp³-hybridized carbons (Fsp3) is 0.333. The van der Waals surface area contributed by atoms with Gasteiger partial charge in [-0.1, -0.05) is 36.9 Å². The van der Waals surface area contributed by atoms with Crippen LogP contribution < -0.4 is 10.1 Å². The van der Waals surface area contributed by atoms with Crippen molar-refractivity contribution in [2.24, 2.45) is 0 Å². The number of urea groups is 1. The zero-order valence-electron chi connectivity index (χ0n) is 16.8. The van der Waals surface area contributed by atoms with Crippen LogP contribution in [-0.4, -0.2) is 42.5 Å². The average molecular weight is 424 g/mol. The topological polar surface area (TPSA) is 67.9 Å². The van der Waals surface area contributed by atoms with E-state index in [1.165, 1.54) is 27.0 Å². The lowest BCUT2D eigenvalue weighted by Gasteiger charge is -2.20. The Kier molecular flexibility index (Phi) is 7.31. The van der Waals surface area contributed by atoms with Gasteiger partial charge in [-0.15, -0.1) is 0 Å². The summed E-state index contributed by atoms with van der Waals surface area (Å²) in [6.07, 6.45) is -3.70. The van der Waals surface area contributed by atoms with Crippen molar-refractivity contribution in [2.75, 3.05) is 7.11 Å². The number of methoxy groups -OCH3 is 1. The standard InChI is InChI=1S/C21H23F3N2O4/c1-5-8-16(21(22,23)24)11-13(2)18-14(3)26(20(28)30-18)19(27)25-12-15-9-6-7-10-17(15)29-4/h5-11,14,18H,2,12H2,1,3-4H3,(H,25,27)/b8-5-,16-11+/t14-,18+/m0/s1. The molecule has 0 saturated carbocycles. The zero-order valence-corrected chi connectivity index (χ0v) is 16.8. The van der Waals surface area contributed by atoms with Crippen molar-refractivity contribution in [3.05, 3.63) is 65.8 Å². The molecule has 9 heteroatoms. The van der Waals surface area contributed by atoms with E-state index in [0.717, 1.165) is 17.1 Å². The quantitative estimate of drug-likeness (QED) is 0.670. The number of rotatable bonds is 6. The van der Waals surface area contributed by atoms with Crippen molar-refractivity contribution in [3.8, 4) is 5.75 Å². The molecule has 0 radical (unpaired) electrons. The minimum atomic E-state index is -4.59. The van der Waals surface area contributed by atoms with Gasteiger partial charge in [0.1, 0.15) is 11.9 Å². The maximum atomic E-state index is 13.1. The van der Waals surface area contributed by atoms with Crippen LogP contribution in [0.1, 0.15) is 19.4 Å². The van der Waals surface area contributed by atoms with Crippen molar-refractivity contribution >= 4 is 12.1 Å². The highest BCUT2D eigenvalue weighted by Crippen LogP contribution is 2.31. The van der Waals surface area contributed by atoms with Crippen molar-refractivity contribution in [3.63, 3.8) is 0 Å². The second-order valence-corrected chi connectivity index (χ2v) is 6.56. The molecule has 0 bridgehead atoms. The van der Waals surface area contributed by atoms with E-state index in [1.54, 1.807) is 24.3 Å². The summed E-state index contributed by atoms with van der Waals surface area (Å²) in [7, 11) is 1.49. The number of carbonyl (C=O) groups is 2. The molecule has 1 N–H and O–H groups in total. The molecule has 30 heavy (non-hydrogen) atoms. The molecule has 1 aromatic carbocycles. The molecule has 0 unspecified atom stereocenters. The molecule has 162 valence electrons. The molecule has 1 aromatic rings. The summed E-state index contributed by atoms with van der Waals surface area (Å²) in [5, 5.41) is 2.59. The molecule has 1 fully saturated rings. The maximum absolute atomic E-state index is 13.1. The van der Waals surface area contributed by atoms with Crippen LogP contribution in [0.5, 0.6) is 5.75 Å². The number of amides is 3. The van der Waals surface area contributed by atoms with Gasteiger partial charge in [-0.25, -0.2) is 14.5 Å². The number of nitrogens with zero attached hydrogens (tertiary/aromatic N) is 1. The molecule has 1 heterocycles. The van der Waals surface area contributed by atoms with Gasteiger partial charge in [0.05, 0.1) is 18.7 Å². The largest absolute Gasteiger partial charge is 0.496 e. The summed E-state index contributed by atoms with van der Waals surface area (Å²) >= 11 is 0. The number of benzene rings is 1. The first kappa shape index (κ1) is 23.1. The molecule has 2 rings (SSSR count). The summed E-state index contributed by atoms with van der Waals surface area (Å²) < 4.78 is 49.6.